The lowest BCUT2D eigenvalue weighted by Crippen LogP contribution is -2.02. The highest BCUT2D eigenvalue weighted by Crippen LogP contribution is 2.45. The van der Waals surface area contributed by atoms with E-state index in [0.717, 1.165) is 0 Å². The molecule has 1 N–H and O–H groups in total. The molecule has 1 heterocycles. The number of hydrogen-bond acceptors (Lipinski definition) is 3. The number of aliphatic carboxylic acids is 1. The van der Waals surface area contributed by atoms with Gasteiger partial charge in [-0.2, -0.15) is 0 Å². The Morgan fingerprint density at radius 1 is 1.71 bits per heavy atom. The predicted molar refractivity (Wildman–Crippen MR) is 45.3 cm³/mol. The van der Waals surface area contributed by atoms with E-state index >= 15 is 0 Å². The largest absolute Gasteiger partial charge is 0.481 e. The highest BCUT2D eigenvalue weighted by Gasteiger charge is 2.46. The topological polar surface area (TPSA) is 63.1 Å². The van der Waals surface area contributed by atoms with Gasteiger partial charge in [-0.15, -0.1) is 0 Å². The molecule has 0 amide bonds. The normalized spacial score (nSPS) is 24.6. The molecular formula is C9H9FN2O2. The molecule has 0 saturated heterocycles. The molecular weight excluding hydrogens is 187 g/mol. The van der Waals surface area contributed by atoms with E-state index in [9.17, 15) is 9.18 Å². The molecule has 4 nitrogen and oxygen atoms in total. The summed E-state index contributed by atoms with van der Waals surface area (Å²) in [6.07, 6.45) is 2.03. The van der Waals surface area contributed by atoms with Gasteiger partial charge >= 0.3 is 5.97 Å². The second-order valence-corrected chi connectivity index (χ2v) is 3.33. The van der Waals surface area contributed by atoms with Gasteiger partial charge in [-0.3, -0.25) is 4.79 Å². The lowest BCUT2D eigenvalue weighted by molar-refractivity contribution is -0.138. The van der Waals surface area contributed by atoms with E-state index in [1.54, 1.807) is 0 Å². The number of rotatable bonds is 3. The van der Waals surface area contributed by atoms with Crippen LogP contribution in [0.2, 0.25) is 0 Å². The van der Waals surface area contributed by atoms with Crippen LogP contribution in [0.1, 0.15) is 23.9 Å². The summed E-state index contributed by atoms with van der Waals surface area (Å²) in [5, 5.41) is 8.68. The molecule has 74 valence electrons. The summed E-state index contributed by atoms with van der Waals surface area (Å²) in [4.78, 5) is 18.4. The van der Waals surface area contributed by atoms with E-state index < -0.39 is 12.6 Å². The van der Waals surface area contributed by atoms with Crippen molar-refractivity contribution in [2.75, 3.05) is 0 Å². The number of carbonyl (C=O) groups is 1. The van der Waals surface area contributed by atoms with Crippen LogP contribution in [0, 0.1) is 5.92 Å². The Morgan fingerprint density at radius 2 is 2.50 bits per heavy atom. The summed E-state index contributed by atoms with van der Waals surface area (Å²) in [6, 6.07) is 1.49. The van der Waals surface area contributed by atoms with E-state index in [1.807, 2.05) is 0 Å². The molecule has 0 unspecified atom stereocenters. The van der Waals surface area contributed by atoms with Crippen LogP contribution >= 0.6 is 0 Å². The van der Waals surface area contributed by atoms with Crippen molar-refractivity contribution < 1.29 is 14.3 Å². The van der Waals surface area contributed by atoms with Crippen LogP contribution in [0.5, 0.6) is 0 Å². The van der Waals surface area contributed by atoms with Crippen LogP contribution in [-0.4, -0.2) is 21.0 Å². The molecule has 1 fully saturated rings. The van der Waals surface area contributed by atoms with Crippen molar-refractivity contribution in [3.63, 3.8) is 0 Å². The fourth-order valence-corrected chi connectivity index (χ4v) is 1.42. The van der Waals surface area contributed by atoms with E-state index in [2.05, 4.69) is 9.97 Å². The minimum atomic E-state index is -0.829. The molecule has 2 rings (SSSR count). The maximum absolute atomic E-state index is 12.2. The molecule has 0 aliphatic heterocycles. The van der Waals surface area contributed by atoms with Gasteiger partial charge < -0.3 is 5.11 Å². The first kappa shape index (κ1) is 9.05. The van der Waals surface area contributed by atoms with Crippen molar-refractivity contribution in [2.45, 2.75) is 19.0 Å². The molecule has 1 aromatic rings. The summed E-state index contributed by atoms with van der Waals surface area (Å²) >= 11 is 0. The summed E-state index contributed by atoms with van der Waals surface area (Å²) in [5.41, 5.74) is 0.311. The SMILES string of the molecule is O=C(O)[C@H]1C[C@@H]1c1nccc(CF)n1. The third-order valence-electron chi connectivity index (χ3n) is 2.31. The van der Waals surface area contributed by atoms with Crippen LogP contribution < -0.4 is 0 Å². The van der Waals surface area contributed by atoms with Crippen molar-refractivity contribution in [1.82, 2.24) is 9.97 Å². The van der Waals surface area contributed by atoms with E-state index in [-0.39, 0.29) is 11.8 Å². The second kappa shape index (κ2) is 3.32. The Morgan fingerprint density at radius 3 is 3.07 bits per heavy atom. The Kier molecular flexibility index (Phi) is 2.15. The van der Waals surface area contributed by atoms with Gasteiger partial charge in [0, 0.05) is 12.1 Å². The Bertz CT molecular complexity index is 370. The Hall–Kier alpha value is -1.52. The number of carboxylic acid groups (broad SMARTS) is 1. The third-order valence-corrected chi connectivity index (χ3v) is 2.31. The summed E-state index contributed by atoms with van der Waals surface area (Å²) < 4.78 is 12.2. The highest BCUT2D eigenvalue weighted by molar-refractivity contribution is 5.74. The van der Waals surface area contributed by atoms with Gasteiger partial charge in [-0.05, 0) is 12.5 Å². The summed E-state index contributed by atoms with van der Waals surface area (Å²) in [7, 11) is 0. The molecule has 2 atom stereocenters. The van der Waals surface area contributed by atoms with Crippen LogP contribution in [0.3, 0.4) is 0 Å². The first-order valence-electron chi connectivity index (χ1n) is 4.33. The molecule has 0 radical (unpaired) electrons. The number of alkyl halides is 1. The third kappa shape index (κ3) is 1.57. The molecule has 1 aliphatic rings. The van der Waals surface area contributed by atoms with Gasteiger partial charge in [0.2, 0.25) is 0 Å². The zero-order valence-corrected chi connectivity index (χ0v) is 7.35. The number of hydrogen-bond donors (Lipinski definition) is 1. The summed E-state index contributed by atoms with van der Waals surface area (Å²) in [5.74, 6) is -0.888. The predicted octanol–water partition coefficient (Wildman–Crippen LogP) is 1.13. The first-order valence-corrected chi connectivity index (χ1v) is 4.33. The highest BCUT2D eigenvalue weighted by atomic mass is 19.1. The number of nitrogens with zero attached hydrogens (tertiary/aromatic N) is 2. The second-order valence-electron chi connectivity index (χ2n) is 3.33. The molecule has 5 heteroatoms. The molecule has 0 bridgehead atoms. The van der Waals surface area contributed by atoms with Crippen molar-refractivity contribution in [3.8, 4) is 0 Å². The number of halogens is 1. The first-order chi connectivity index (χ1) is 6.72. The van der Waals surface area contributed by atoms with Gasteiger partial charge in [0.15, 0.2) is 0 Å². The fourth-order valence-electron chi connectivity index (χ4n) is 1.42. The number of aromatic nitrogens is 2. The van der Waals surface area contributed by atoms with Gasteiger partial charge in [0.05, 0.1) is 11.6 Å². The standard InChI is InChI=1S/C9H9FN2O2/c10-4-5-1-2-11-8(12-5)6-3-7(6)9(13)14/h1-2,6-7H,3-4H2,(H,13,14)/t6-,7-/m0/s1. The molecule has 1 saturated carbocycles. The Labute approximate surface area is 79.8 Å². The van der Waals surface area contributed by atoms with Crippen LogP contribution in [0.4, 0.5) is 4.39 Å². The van der Waals surface area contributed by atoms with Gasteiger partial charge in [0.1, 0.15) is 12.5 Å². The fraction of sp³-hybridized carbons (Fsp3) is 0.444. The summed E-state index contributed by atoms with van der Waals surface area (Å²) in [6.45, 7) is -0.639. The van der Waals surface area contributed by atoms with Crippen LogP contribution in [-0.2, 0) is 11.5 Å². The molecule has 1 aromatic heterocycles. The van der Waals surface area contributed by atoms with Crippen molar-refractivity contribution >= 4 is 5.97 Å². The van der Waals surface area contributed by atoms with E-state index in [1.165, 1.54) is 12.3 Å². The minimum absolute atomic E-state index is 0.126. The van der Waals surface area contributed by atoms with Crippen LogP contribution in [0.15, 0.2) is 12.3 Å². The maximum atomic E-state index is 12.2. The van der Waals surface area contributed by atoms with Gasteiger partial charge in [-0.25, -0.2) is 14.4 Å². The zero-order valence-electron chi connectivity index (χ0n) is 7.35. The van der Waals surface area contributed by atoms with E-state index in [0.29, 0.717) is 17.9 Å². The molecule has 14 heavy (non-hydrogen) atoms. The van der Waals surface area contributed by atoms with Crippen molar-refractivity contribution in [3.05, 3.63) is 23.8 Å². The quantitative estimate of drug-likeness (QED) is 0.787. The van der Waals surface area contributed by atoms with Crippen molar-refractivity contribution in [1.29, 1.82) is 0 Å². The minimum Gasteiger partial charge on any atom is -0.481 e. The van der Waals surface area contributed by atoms with Gasteiger partial charge in [0.25, 0.3) is 0 Å². The Balaban J connectivity index is 2.15. The van der Waals surface area contributed by atoms with Crippen LogP contribution in [0.25, 0.3) is 0 Å². The van der Waals surface area contributed by atoms with Gasteiger partial charge in [-0.1, -0.05) is 0 Å². The molecule has 1 aliphatic carbocycles. The molecule has 0 spiro atoms. The average Bonchev–Trinajstić information content (AvgIpc) is 2.97. The molecule has 0 aromatic carbocycles. The smallest absolute Gasteiger partial charge is 0.307 e. The monoisotopic (exact) mass is 196 g/mol. The lowest BCUT2D eigenvalue weighted by atomic mass is 10.3. The average molecular weight is 196 g/mol. The lowest BCUT2D eigenvalue weighted by Gasteiger charge is -1.98. The number of carboxylic acids is 1. The van der Waals surface area contributed by atoms with E-state index in [4.69, 9.17) is 5.11 Å². The maximum Gasteiger partial charge on any atom is 0.307 e. The van der Waals surface area contributed by atoms with Crippen molar-refractivity contribution in [2.24, 2.45) is 5.92 Å². The zero-order chi connectivity index (χ0) is 10.1.